The van der Waals surface area contributed by atoms with Crippen molar-refractivity contribution in [1.29, 1.82) is 0 Å². The molecule has 0 radical (unpaired) electrons. The molecule has 1 heterocycles. The number of hydrogen-bond acceptors (Lipinski definition) is 2. The summed E-state index contributed by atoms with van der Waals surface area (Å²) in [6.45, 7) is 11.4. The van der Waals surface area contributed by atoms with Crippen LogP contribution in [0.2, 0.25) is 0 Å². The lowest BCUT2D eigenvalue weighted by Crippen LogP contribution is -2.55. The molecule has 3 atom stereocenters. The summed E-state index contributed by atoms with van der Waals surface area (Å²) >= 11 is 0. The fraction of sp³-hybridized carbons (Fsp3) is 1.00. The van der Waals surface area contributed by atoms with Crippen molar-refractivity contribution in [2.45, 2.75) is 71.4 Å². The molecule has 1 aliphatic heterocycles. The van der Waals surface area contributed by atoms with Crippen molar-refractivity contribution < 1.29 is 0 Å². The van der Waals surface area contributed by atoms with E-state index in [2.05, 4.69) is 32.6 Å². The predicted octanol–water partition coefficient (Wildman–Crippen LogP) is 3.01. The van der Waals surface area contributed by atoms with E-state index in [0.29, 0.717) is 0 Å². The van der Waals surface area contributed by atoms with Gasteiger partial charge in [-0.25, -0.2) is 0 Å². The normalized spacial score (nSPS) is 27.9. The van der Waals surface area contributed by atoms with Crippen LogP contribution in [0.5, 0.6) is 0 Å². The van der Waals surface area contributed by atoms with Crippen LogP contribution in [-0.4, -0.2) is 29.6 Å². The van der Waals surface area contributed by atoms with Gasteiger partial charge in [-0.1, -0.05) is 27.2 Å². The molecule has 1 rings (SSSR count). The molecule has 1 aliphatic rings. The molecule has 0 spiro atoms. The number of rotatable bonds is 6. The molecule has 1 fully saturated rings. The molecule has 0 aromatic rings. The van der Waals surface area contributed by atoms with Gasteiger partial charge in [0.25, 0.3) is 0 Å². The Hall–Kier alpha value is -0.0800. The van der Waals surface area contributed by atoms with E-state index in [4.69, 9.17) is 5.73 Å². The highest BCUT2D eigenvalue weighted by atomic mass is 15.2. The summed E-state index contributed by atoms with van der Waals surface area (Å²) in [5.41, 5.74) is 6.39. The Morgan fingerprint density at radius 3 is 2.50 bits per heavy atom. The first-order valence-electron chi connectivity index (χ1n) is 7.06. The van der Waals surface area contributed by atoms with E-state index in [-0.39, 0.29) is 5.54 Å². The van der Waals surface area contributed by atoms with Gasteiger partial charge in [-0.15, -0.1) is 0 Å². The smallest absolute Gasteiger partial charge is 0.0334 e. The van der Waals surface area contributed by atoms with E-state index in [0.717, 1.165) is 18.5 Å². The lowest BCUT2D eigenvalue weighted by molar-refractivity contribution is 0.0599. The molecule has 2 nitrogen and oxygen atoms in total. The Morgan fingerprint density at radius 2 is 2.12 bits per heavy atom. The fourth-order valence-electron chi connectivity index (χ4n) is 3.24. The third kappa shape index (κ3) is 2.78. The Bertz CT molecular complexity index is 199. The molecule has 0 aromatic heterocycles. The Balaban J connectivity index is 2.77. The van der Waals surface area contributed by atoms with E-state index in [9.17, 15) is 0 Å². The molecule has 1 saturated heterocycles. The van der Waals surface area contributed by atoms with Crippen LogP contribution in [0.3, 0.4) is 0 Å². The minimum absolute atomic E-state index is 0.269. The van der Waals surface area contributed by atoms with E-state index in [1.807, 2.05) is 0 Å². The Labute approximate surface area is 102 Å². The minimum Gasteiger partial charge on any atom is -0.329 e. The molecule has 0 aliphatic carbocycles. The maximum atomic E-state index is 6.12. The van der Waals surface area contributed by atoms with Crippen molar-refractivity contribution in [3.63, 3.8) is 0 Å². The molecular weight excluding hydrogens is 196 g/mol. The molecule has 2 heteroatoms. The molecule has 16 heavy (non-hydrogen) atoms. The topological polar surface area (TPSA) is 29.3 Å². The largest absolute Gasteiger partial charge is 0.329 e. The van der Waals surface area contributed by atoms with E-state index < -0.39 is 0 Å². The van der Waals surface area contributed by atoms with E-state index in [1.165, 1.54) is 38.6 Å². The first kappa shape index (κ1) is 14.0. The summed E-state index contributed by atoms with van der Waals surface area (Å²) in [6.07, 6.45) is 6.43. The molecular formula is C14H30N2. The van der Waals surface area contributed by atoms with E-state index >= 15 is 0 Å². The Morgan fingerprint density at radius 1 is 1.44 bits per heavy atom. The van der Waals surface area contributed by atoms with Crippen LogP contribution >= 0.6 is 0 Å². The van der Waals surface area contributed by atoms with Crippen LogP contribution in [0.25, 0.3) is 0 Å². The predicted molar refractivity (Wildman–Crippen MR) is 71.6 cm³/mol. The number of hydrogen-bond donors (Lipinski definition) is 1. The maximum absolute atomic E-state index is 6.12. The van der Waals surface area contributed by atoms with Crippen molar-refractivity contribution in [2.24, 2.45) is 11.7 Å². The number of nitrogens with two attached hydrogens (primary N) is 1. The van der Waals surface area contributed by atoms with Crippen LogP contribution in [0.4, 0.5) is 0 Å². The molecule has 2 N–H and O–H groups in total. The zero-order chi connectivity index (χ0) is 12.2. The third-order valence-corrected chi connectivity index (χ3v) is 4.63. The van der Waals surface area contributed by atoms with Gasteiger partial charge < -0.3 is 5.73 Å². The van der Waals surface area contributed by atoms with Crippen LogP contribution in [0.1, 0.15) is 59.8 Å². The molecule has 0 amide bonds. The summed E-state index contributed by atoms with van der Waals surface area (Å²) in [5, 5.41) is 0. The Kier molecular flexibility index (Phi) is 5.26. The van der Waals surface area contributed by atoms with Gasteiger partial charge in [-0.2, -0.15) is 0 Å². The highest BCUT2D eigenvalue weighted by Gasteiger charge is 2.39. The molecule has 0 saturated carbocycles. The van der Waals surface area contributed by atoms with Gasteiger partial charge in [-0.3, -0.25) is 4.90 Å². The van der Waals surface area contributed by atoms with E-state index in [1.54, 1.807) is 0 Å². The second-order valence-corrected chi connectivity index (χ2v) is 5.68. The monoisotopic (exact) mass is 226 g/mol. The van der Waals surface area contributed by atoms with Crippen molar-refractivity contribution in [2.75, 3.05) is 13.1 Å². The third-order valence-electron chi connectivity index (χ3n) is 4.63. The highest BCUT2D eigenvalue weighted by Crippen LogP contribution is 2.34. The van der Waals surface area contributed by atoms with Gasteiger partial charge in [0.05, 0.1) is 0 Å². The van der Waals surface area contributed by atoms with Crippen molar-refractivity contribution in [1.82, 2.24) is 4.90 Å². The summed E-state index contributed by atoms with van der Waals surface area (Å²) < 4.78 is 0. The summed E-state index contributed by atoms with van der Waals surface area (Å²) in [7, 11) is 0. The first-order chi connectivity index (χ1) is 7.59. The zero-order valence-corrected chi connectivity index (χ0v) is 11.6. The number of nitrogens with zero attached hydrogens (tertiary/aromatic N) is 1. The standard InChI is InChI=1S/C14H30N2/c1-5-12(3)10-14(6-2,11-15)16-9-7-8-13(16)4/h12-13H,5-11,15H2,1-4H3. The summed E-state index contributed by atoms with van der Waals surface area (Å²) in [5.74, 6) is 0.788. The fourth-order valence-corrected chi connectivity index (χ4v) is 3.24. The SMILES string of the molecule is CCC(C)CC(CC)(CN)N1CCCC1C. The zero-order valence-electron chi connectivity index (χ0n) is 11.6. The average molecular weight is 226 g/mol. The van der Waals surface area contributed by atoms with Crippen LogP contribution in [-0.2, 0) is 0 Å². The van der Waals surface area contributed by atoms with Crippen molar-refractivity contribution >= 4 is 0 Å². The van der Waals surface area contributed by atoms with Gasteiger partial charge in [0.15, 0.2) is 0 Å². The molecule has 0 aromatic carbocycles. The second kappa shape index (κ2) is 6.02. The average Bonchev–Trinajstić information content (AvgIpc) is 2.73. The van der Waals surface area contributed by atoms with Gasteiger partial charge in [-0.05, 0) is 45.1 Å². The lowest BCUT2D eigenvalue weighted by atomic mass is 9.82. The van der Waals surface area contributed by atoms with Gasteiger partial charge >= 0.3 is 0 Å². The molecule has 3 unspecified atom stereocenters. The van der Waals surface area contributed by atoms with Gasteiger partial charge in [0, 0.05) is 18.1 Å². The van der Waals surface area contributed by atoms with Crippen LogP contribution in [0, 0.1) is 5.92 Å². The van der Waals surface area contributed by atoms with Crippen LogP contribution in [0.15, 0.2) is 0 Å². The summed E-state index contributed by atoms with van der Waals surface area (Å²) in [6, 6.07) is 0.729. The maximum Gasteiger partial charge on any atom is 0.0334 e. The van der Waals surface area contributed by atoms with Gasteiger partial charge in [0.2, 0.25) is 0 Å². The minimum atomic E-state index is 0.269. The van der Waals surface area contributed by atoms with Crippen LogP contribution < -0.4 is 5.73 Å². The van der Waals surface area contributed by atoms with Gasteiger partial charge in [0.1, 0.15) is 0 Å². The molecule has 0 bridgehead atoms. The first-order valence-corrected chi connectivity index (χ1v) is 7.06. The highest BCUT2D eigenvalue weighted by molar-refractivity contribution is 4.96. The lowest BCUT2D eigenvalue weighted by Gasteiger charge is -2.45. The summed E-state index contributed by atoms with van der Waals surface area (Å²) in [4.78, 5) is 2.69. The van der Waals surface area contributed by atoms with Crippen molar-refractivity contribution in [3.8, 4) is 0 Å². The quantitative estimate of drug-likeness (QED) is 0.754. The second-order valence-electron chi connectivity index (χ2n) is 5.68. The number of likely N-dealkylation sites (tertiary alicyclic amines) is 1. The van der Waals surface area contributed by atoms with Crippen molar-refractivity contribution in [3.05, 3.63) is 0 Å². The molecule has 96 valence electrons.